The lowest BCUT2D eigenvalue weighted by Crippen LogP contribution is -1.83. The molecule has 0 aliphatic rings. The predicted molar refractivity (Wildman–Crippen MR) is 82.2 cm³/mol. The zero-order valence-electron chi connectivity index (χ0n) is 11.8. The van der Waals surface area contributed by atoms with E-state index in [1.165, 1.54) is 23.9 Å². The van der Waals surface area contributed by atoms with Gasteiger partial charge in [-0.25, -0.2) is 4.39 Å². The molecule has 0 aliphatic heterocycles. The number of rotatable bonds is 5. The SMILES string of the molecule is COc1cccc(-c2nnc(SCc3ccc(F)cc3)o2)c1. The third kappa shape index (κ3) is 3.46. The topological polar surface area (TPSA) is 48.2 Å². The van der Waals surface area contributed by atoms with Crippen LogP contribution in [0.4, 0.5) is 4.39 Å². The van der Waals surface area contributed by atoms with Crippen molar-refractivity contribution in [1.82, 2.24) is 10.2 Å². The monoisotopic (exact) mass is 316 g/mol. The van der Waals surface area contributed by atoms with E-state index in [0.717, 1.165) is 16.9 Å². The number of ether oxygens (including phenoxy) is 1. The van der Waals surface area contributed by atoms with Crippen molar-refractivity contribution in [2.24, 2.45) is 0 Å². The molecule has 22 heavy (non-hydrogen) atoms. The summed E-state index contributed by atoms with van der Waals surface area (Å²) in [6.45, 7) is 0. The average molecular weight is 316 g/mol. The van der Waals surface area contributed by atoms with E-state index in [1.54, 1.807) is 19.2 Å². The summed E-state index contributed by atoms with van der Waals surface area (Å²) in [5, 5.41) is 8.52. The first kappa shape index (κ1) is 14.6. The standard InChI is InChI=1S/C16H13FN2O2S/c1-20-14-4-2-3-12(9-14)15-18-19-16(21-15)22-10-11-5-7-13(17)8-6-11/h2-9H,10H2,1H3. The highest BCUT2D eigenvalue weighted by molar-refractivity contribution is 7.98. The van der Waals surface area contributed by atoms with Gasteiger partial charge in [-0.05, 0) is 35.9 Å². The van der Waals surface area contributed by atoms with Gasteiger partial charge >= 0.3 is 0 Å². The number of hydrogen-bond acceptors (Lipinski definition) is 5. The van der Waals surface area contributed by atoms with Gasteiger partial charge in [0, 0.05) is 11.3 Å². The minimum atomic E-state index is -0.244. The summed E-state index contributed by atoms with van der Waals surface area (Å²) in [6.07, 6.45) is 0. The van der Waals surface area contributed by atoms with Gasteiger partial charge in [0.2, 0.25) is 5.89 Å². The fraction of sp³-hybridized carbons (Fsp3) is 0.125. The average Bonchev–Trinajstić information content (AvgIpc) is 3.03. The zero-order chi connectivity index (χ0) is 15.4. The van der Waals surface area contributed by atoms with Crippen LogP contribution in [0, 0.1) is 5.82 Å². The summed E-state index contributed by atoms with van der Waals surface area (Å²) in [6, 6.07) is 13.8. The highest BCUT2D eigenvalue weighted by atomic mass is 32.2. The molecule has 0 radical (unpaired) electrons. The maximum absolute atomic E-state index is 12.8. The van der Waals surface area contributed by atoms with Gasteiger partial charge in [-0.3, -0.25) is 0 Å². The Hall–Kier alpha value is -2.34. The fourth-order valence-corrected chi connectivity index (χ4v) is 2.59. The number of methoxy groups -OCH3 is 1. The molecule has 1 aromatic heterocycles. The number of halogens is 1. The molecule has 0 unspecified atom stereocenters. The van der Waals surface area contributed by atoms with Crippen molar-refractivity contribution in [3.8, 4) is 17.2 Å². The van der Waals surface area contributed by atoms with Crippen molar-refractivity contribution in [1.29, 1.82) is 0 Å². The Balaban J connectivity index is 1.69. The van der Waals surface area contributed by atoms with E-state index < -0.39 is 0 Å². The van der Waals surface area contributed by atoms with E-state index in [1.807, 2.05) is 24.3 Å². The molecule has 3 rings (SSSR count). The minimum absolute atomic E-state index is 0.244. The summed E-state index contributed by atoms with van der Waals surface area (Å²) in [7, 11) is 1.61. The van der Waals surface area contributed by atoms with Crippen LogP contribution in [0.25, 0.3) is 11.5 Å². The number of benzene rings is 2. The van der Waals surface area contributed by atoms with Gasteiger partial charge in [0.1, 0.15) is 11.6 Å². The highest BCUT2D eigenvalue weighted by Crippen LogP contribution is 2.27. The number of nitrogens with zero attached hydrogens (tertiary/aromatic N) is 2. The molecule has 0 amide bonds. The molecule has 1 heterocycles. The van der Waals surface area contributed by atoms with Crippen LogP contribution in [-0.4, -0.2) is 17.3 Å². The number of thioether (sulfide) groups is 1. The summed E-state index contributed by atoms with van der Waals surface area (Å²) in [4.78, 5) is 0. The van der Waals surface area contributed by atoms with Gasteiger partial charge in [0.25, 0.3) is 5.22 Å². The molecule has 0 N–H and O–H groups in total. The van der Waals surface area contributed by atoms with Gasteiger partial charge in [0.05, 0.1) is 7.11 Å². The minimum Gasteiger partial charge on any atom is -0.497 e. The molecule has 4 nitrogen and oxygen atoms in total. The van der Waals surface area contributed by atoms with Crippen molar-refractivity contribution < 1.29 is 13.5 Å². The first-order chi connectivity index (χ1) is 10.7. The molecule has 0 atom stereocenters. The molecule has 3 aromatic rings. The molecule has 0 fully saturated rings. The van der Waals surface area contributed by atoms with E-state index in [4.69, 9.17) is 9.15 Å². The first-order valence-corrected chi connectivity index (χ1v) is 7.58. The van der Waals surface area contributed by atoms with Crippen LogP contribution in [0.3, 0.4) is 0 Å². The van der Waals surface area contributed by atoms with Gasteiger partial charge in [-0.1, -0.05) is 30.0 Å². The van der Waals surface area contributed by atoms with Gasteiger partial charge in [-0.15, -0.1) is 10.2 Å². The van der Waals surface area contributed by atoms with Crippen molar-refractivity contribution in [2.45, 2.75) is 11.0 Å². The van der Waals surface area contributed by atoms with Crippen molar-refractivity contribution in [2.75, 3.05) is 7.11 Å². The second-order valence-corrected chi connectivity index (χ2v) is 5.45. The third-order valence-electron chi connectivity index (χ3n) is 3.00. The Kier molecular flexibility index (Phi) is 4.39. The molecule has 0 bridgehead atoms. The summed E-state index contributed by atoms with van der Waals surface area (Å²) in [5.74, 6) is 1.57. The Bertz CT molecular complexity index is 759. The van der Waals surface area contributed by atoms with E-state index in [2.05, 4.69) is 10.2 Å². The maximum atomic E-state index is 12.8. The van der Waals surface area contributed by atoms with Crippen LogP contribution < -0.4 is 4.74 Å². The third-order valence-corrected chi connectivity index (χ3v) is 3.89. The molecule has 0 saturated carbocycles. The van der Waals surface area contributed by atoms with Crippen molar-refractivity contribution >= 4 is 11.8 Å². The summed E-state index contributed by atoms with van der Waals surface area (Å²) in [5.41, 5.74) is 1.80. The molecule has 0 saturated heterocycles. The number of hydrogen-bond donors (Lipinski definition) is 0. The number of aromatic nitrogens is 2. The fourth-order valence-electron chi connectivity index (χ4n) is 1.87. The molecular weight excluding hydrogens is 303 g/mol. The van der Waals surface area contributed by atoms with Crippen molar-refractivity contribution in [3.63, 3.8) is 0 Å². The normalized spacial score (nSPS) is 10.6. The van der Waals surface area contributed by atoms with Crippen LogP contribution in [0.1, 0.15) is 5.56 Å². The maximum Gasteiger partial charge on any atom is 0.277 e. The predicted octanol–water partition coefficient (Wildman–Crippen LogP) is 4.18. The Labute approximate surface area is 131 Å². The summed E-state index contributed by atoms with van der Waals surface area (Å²) >= 11 is 1.41. The quantitative estimate of drug-likeness (QED) is 0.661. The van der Waals surface area contributed by atoms with Gasteiger partial charge in [0.15, 0.2) is 0 Å². The van der Waals surface area contributed by atoms with Crippen LogP contribution in [0.15, 0.2) is 58.2 Å². The molecule has 112 valence electrons. The smallest absolute Gasteiger partial charge is 0.277 e. The lowest BCUT2D eigenvalue weighted by atomic mass is 10.2. The highest BCUT2D eigenvalue weighted by Gasteiger charge is 2.10. The lowest BCUT2D eigenvalue weighted by Gasteiger charge is -2.00. The molecule has 2 aromatic carbocycles. The molecule has 6 heteroatoms. The molecule has 0 spiro atoms. The zero-order valence-corrected chi connectivity index (χ0v) is 12.6. The summed E-state index contributed by atoms with van der Waals surface area (Å²) < 4.78 is 23.6. The van der Waals surface area contributed by atoms with Crippen molar-refractivity contribution in [3.05, 3.63) is 59.9 Å². The largest absolute Gasteiger partial charge is 0.497 e. The Morgan fingerprint density at radius 3 is 2.73 bits per heavy atom. The van der Waals surface area contributed by atoms with E-state index in [-0.39, 0.29) is 5.82 Å². The van der Waals surface area contributed by atoms with E-state index in [9.17, 15) is 4.39 Å². The van der Waals surface area contributed by atoms with Crippen LogP contribution in [0.5, 0.6) is 5.75 Å². The van der Waals surface area contributed by atoms with Gasteiger partial charge < -0.3 is 9.15 Å². The van der Waals surface area contributed by atoms with Crippen LogP contribution >= 0.6 is 11.8 Å². The first-order valence-electron chi connectivity index (χ1n) is 6.60. The van der Waals surface area contributed by atoms with Gasteiger partial charge in [-0.2, -0.15) is 0 Å². The van der Waals surface area contributed by atoms with E-state index >= 15 is 0 Å². The molecule has 0 aliphatic carbocycles. The second kappa shape index (κ2) is 6.62. The lowest BCUT2D eigenvalue weighted by molar-refractivity contribution is 0.414. The molecular formula is C16H13FN2O2S. The Morgan fingerprint density at radius 2 is 1.95 bits per heavy atom. The Morgan fingerprint density at radius 1 is 1.14 bits per heavy atom. The van der Waals surface area contributed by atoms with Crippen LogP contribution in [-0.2, 0) is 5.75 Å². The van der Waals surface area contributed by atoms with E-state index in [0.29, 0.717) is 16.9 Å². The van der Waals surface area contributed by atoms with Crippen LogP contribution in [0.2, 0.25) is 0 Å². The second-order valence-electron chi connectivity index (χ2n) is 4.52.